The van der Waals surface area contributed by atoms with Crippen LogP contribution in [0.5, 0.6) is 0 Å². The van der Waals surface area contributed by atoms with Gasteiger partial charge in [-0.05, 0) is 30.7 Å². The first-order valence-corrected chi connectivity index (χ1v) is 7.56. The first-order chi connectivity index (χ1) is 11.7. The molecule has 25 heavy (non-hydrogen) atoms. The van der Waals surface area contributed by atoms with Gasteiger partial charge in [-0.3, -0.25) is 9.59 Å². The number of nitrogens with one attached hydrogen (secondary N) is 2. The van der Waals surface area contributed by atoms with Crippen LogP contribution in [0.4, 0.5) is 18.9 Å². The second-order valence-electron chi connectivity index (χ2n) is 5.31. The van der Waals surface area contributed by atoms with E-state index in [0.717, 1.165) is 17.2 Å². The van der Waals surface area contributed by atoms with Gasteiger partial charge in [0.2, 0.25) is 0 Å². The zero-order valence-corrected chi connectivity index (χ0v) is 13.8. The van der Waals surface area contributed by atoms with E-state index < -0.39 is 28.6 Å². The monoisotopic (exact) mass is 370 g/mol. The van der Waals surface area contributed by atoms with Crippen molar-refractivity contribution in [3.05, 3.63) is 64.2 Å². The van der Waals surface area contributed by atoms with Gasteiger partial charge in [0, 0.05) is 12.2 Å². The third kappa shape index (κ3) is 5.22. The number of benzene rings is 2. The highest BCUT2D eigenvalue weighted by molar-refractivity contribution is 6.39. The number of carbonyl (C=O) groups excluding carboxylic acids is 2. The van der Waals surface area contributed by atoms with Gasteiger partial charge in [-0.1, -0.05) is 41.4 Å². The van der Waals surface area contributed by atoms with Gasteiger partial charge in [0.1, 0.15) is 0 Å². The summed E-state index contributed by atoms with van der Waals surface area (Å²) in [5.41, 5.74) is 0.577. The van der Waals surface area contributed by atoms with E-state index in [9.17, 15) is 22.8 Å². The fraction of sp³-hybridized carbons (Fsp3) is 0.176. The molecule has 2 aromatic carbocycles. The van der Waals surface area contributed by atoms with E-state index in [-0.39, 0.29) is 12.2 Å². The molecule has 0 aliphatic rings. The van der Waals surface area contributed by atoms with Crippen molar-refractivity contribution in [3.63, 3.8) is 0 Å². The fourth-order valence-corrected chi connectivity index (χ4v) is 2.20. The molecule has 8 heteroatoms. The minimum atomic E-state index is -4.66. The number of hydrogen-bond acceptors (Lipinski definition) is 2. The summed E-state index contributed by atoms with van der Waals surface area (Å²) in [6.45, 7) is 2.04. The molecular weight excluding hydrogens is 357 g/mol. The van der Waals surface area contributed by atoms with Gasteiger partial charge in [-0.25, -0.2) is 0 Å². The van der Waals surface area contributed by atoms with Crippen LogP contribution in [-0.2, 0) is 22.3 Å². The number of hydrogen-bond donors (Lipinski definition) is 2. The summed E-state index contributed by atoms with van der Waals surface area (Å²) in [6.07, 6.45) is -4.66. The maximum atomic E-state index is 12.8. The smallest absolute Gasteiger partial charge is 0.344 e. The van der Waals surface area contributed by atoms with Crippen LogP contribution in [0.25, 0.3) is 0 Å². The van der Waals surface area contributed by atoms with Crippen molar-refractivity contribution in [1.82, 2.24) is 5.32 Å². The quantitative estimate of drug-likeness (QED) is 0.804. The number of anilines is 1. The molecule has 0 radical (unpaired) electrons. The first kappa shape index (κ1) is 18.8. The van der Waals surface area contributed by atoms with Gasteiger partial charge in [-0.15, -0.1) is 0 Å². The van der Waals surface area contributed by atoms with E-state index in [0.29, 0.717) is 6.07 Å². The standard InChI is InChI=1S/C17H14ClF3N2O2/c1-10-2-4-11(5-3-10)9-22-15(24)16(25)23-12-6-7-14(18)13(8-12)17(19,20)21/h2-8H,9H2,1H3,(H,22,24)(H,23,25). The van der Waals surface area contributed by atoms with Crippen LogP contribution < -0.4 is 10.6 Å². The molecule has 2 aromatic rings. The van der Waals surface area contributed by atoms with Gasteiger partial charge < -0.3 is 10.6 Å². The molecule has 2 rings (SSSR count). The van der Waals surface area contributed by atoms with Crippen molar-refractivity contribution in [3.8, 4) is 0 Å². The van der Waals surface area contributed by atoms with E-state index in [4.69, 9.17) is 11.6 Å². The number of halogens is 4. The molecule has 2 amide bonds. The van der Waals surface area contributed by atoms with Gasteiger partial charge in [0.15, 0.2) is 0 Å². The van der Waals surface area contributed by atoms with E-state index in [2.05, 4.69) is 10.6 Å². The van der Waals surface area contributed by atoms with Crippen LogP contribution in [-0.4, -0.2) is 11.8 Å². The SMILES string of the molecule is Cc1ccc(CNC(=O)C(=O)Nc2ccc(Cl)c(C(F)(F)F)c2)cc1. The Hall–Kier alpha value is -2.54. The molecule has 0 heterocycles. The van der Waals surface area contributed by atoms with Crippen molar-refractivity contribution >= 4 is 29.1 Å². The maximum absolute atomic E-state index is 12.8. The second kappa shape index (κ2) is 7.57. The van der Waals surface area contributed by atoms with Crippen molar-refractivity contribution in [2.24, 2.45) is 0 Å². The molecule has 0 saturated heterocycles. The fourth-order valence-electron chi connectivity index (χ4n) is 1.98. The van der Waals surface area contributed by atoms with Crippen molar-refractivity contribution in [2.75, 3.05) is 5.32 Å². The lowest BCUT2D eigenvalue weighted by Crippen LogP contribution is -2.35. The molecule has 132 valence electrons. The Morgan fingerprint density at radius 2 is 1.68 bits per heavy atom. The summed E-state index contributed by atoms with van der Waals surface area (Å²) in [5, 5.41) is 4.02. The van der Waals surface area contributed by atoms with Crippen LogP contribution in [0, 0.1) is 6.92 Å². The minimum absolute atomic E-state index is 0.126. The molecule has 0 atom stereocenters. The zero-order chi connectivity index (χ0) is 18.6. The summed E-state index contributed by atoms with van der Waals surface area (Å²) in [5.74, 6) is -2.02. The summed E-state index contributed by atoms with van der Waals surface area (Å²) >= 11 is 5.50. The first-order valence-electron chi connectivity index (χ1n) is 7.18. The number of aryl methyl sites for hydroxylation is 1. The molecule has 0 bridgehead atoms. The Balaban J connectivity index is 1.99. The number of alkyl halides is 3. The van der Waals surface area contributed by atoms with Gasteiger partial charge >= 0.3 is 18.0 Å². The lowest BCUT2D eigenvalue weighted by molar-refractivity contribution is -0.137. The van der Waals surface area contributed by atoms with E-state index in [1.54, 1.807) is 12.1 Å². The number of carbonyl (C=O) groups is 2. The van der Waals surface area contributed by atoms with Crippen LogP contribution in [0.1, 0.15) is 16.7 Å². The van der Waals surface area contributed by atoms with Crippen LogP contribution in [0.15, 0.2) is 42.5 Å². The Bertz CT molecular complexity index is 789. The molecule has 2 N–H and O–H groups in total. The van der Waals surface area contributed by atoms with Crippen molar-refractivity contribution in [2.45, 2.75) is 19.6 Å². The second-order valence-corrected chi connectivity index (χ2v) is 5.72. The summed E-state index contributed by atoms with van der Waals surface area (Å²) in [7, 11) is 0. The normalized spacial score (nSPS) is 11.1. The molecule has 0 aliphatic carbocycles. The molecule has 0 saturated carbocycles. The molecule has 0 fully saturated rings. The van der Waals surface area contributed by atoms with Gasteiger partial charge in [0.25, 0.3) is 0 Å². The maximum Gasteiger partial charge on any atom is 0.417 e. The minimum Gasteiger partial charge on any atom is -0.344 e. The van der Waals surface area contributed by atoms with Crippen LogP contribution >= 0.6 is 11.6 Å². The Morgan fingerprint density at radius 3 is 2.28 bits per heavy atom. The molecule has 4 nitrogen and oxygen atoms in total. The average molecular weight is 371 g/mol. The lowest BCUT2D eigenvalue weighted by Gasteiger charge is -2.12. The zero-order valence-electron chi connectivity index (χ0n) is 13.1. The highest BCUT2D eigenvalue weighted by atomic mass is 35.5. The van der Waals surface area contributed by atoms with Crippen LogP contribution in [0.2, 0.25) is 5.02 Å². The topological polar surface area (TPSA) is 58.2 Å². The highest BCUT2D eigenvalue weighted by Gasteiger charge is 2.33. The summed E-state index contributed by atoms with van der Waals surface area (Å²) in [6, 6.07) is 10.2. The van der Waals surface area contributed by atoms with E-state index >= 15 is 0 Å². The molecular formula is C17H14ClF3N2O2. The number of amides is 2. The largest absolute Gasteiger partial charge is 0.417 e. The Morgan fingerprint density at radius 1 is 1.04 bits per heavy atom. The lowest BCUT2D eigenvalue weighted by atomic mass is 10.1. The van der Waals surface area contributed by atoms with Gasteiger partial charge in [-0.2, -0.15) is 13.2 Å². The number of rotatable bonds is 3. The van der Waals surface area contributed by atoms with Crippen LogP contribution in [0.3, 0.4) is 0 Å². The molecule has 0 aromatic heterocycles. The van der Waals surface area contributed by atoms with E-state index in [1.807, 2.05) is 19.1 Å². The van der Waals surface area contributed by atoms with Crippen molar-refractivity contribution < 1.29 is 22.8 Å². The van der Waals surface area contributed by atoms with Gasteiger partial charge in [0.05, 0.1) is 10.6 Å². The van der Waals surface area contributed by atoms with Crippen molar-refractivity contribution in [1.29, 1.82) is 0 Å². The van der Waals surface area contributed by atoms with E-state index in [1.165, 1.54) is 6.07 Å². The summed E-state index contributed by atoms with van der Waals surface area (Å²) in [4.78, 5) is 23.6. The summed E-state index contributed by atoms with van der Waals surface area (Å²) < 4.78 is 38.4. The third-order valence-corrected chi connectivity index (χ3v) is 3.64. The molecule has 0 aliphatic heterocycles. The Labute approximate surface area is 147 Å². The predicted molar refractivity (Wildman–Crippen MR) is 88.1 cm³/mol. The molecule has 0 unspecified atom stereocenters. The third-order valence-electron chi connectivity index (χ3n) is 3.31. The molecule has 0 spiro atoms. The highest BCUT2D eigenvalue weighted by Crippen LogP contribution is 2.36. The Kier molecular flexibility index (Phi) is 5.69. The predicted octanol–water partition coefficient (Wildman–Crippen LogP) is 3.92. The average Bonchev–Trinajstić information content (AvgIpc) is 2.54.